The molecule has 3 aromatic heterocycles. The maximum Gasteiger partial charge on any atom is 0.425 e. The Hall–Kier alpha value is -3.84. The first-order chi connectivity index (χ1) is 20.2. The van der Waals surface area contributed by atoms with Crippen molar-refractivity contribution >= 4 is 55.9 Å². The van der Waals surface area contributed by atoms with E-state index in [1.54, 1.807) is 76.7 Å². The lowest BCUT2D eigenvalue weighted by Crippen LogP contribution is -2.44. The molecule has 0 N–H and O–H groups in total. The lowest BCUT2D eigenvalue weighted by Gasteiger charge is -2.28. The van der Waals surface area contributed by atoms with Crippen LogP contribution in [0.3, 0.4) is 0 Å². The fourth-order valence-electron chi connectivity index (χ4n) is 4.64. The molecule has 228 valence electrons. The second-order valence-corrected chi connectivity index (χ2v) is 13.1. The summed E-state index contributed by atoms with van der Waals surface area (Å²) >= 11 is 3.35. The number of amides is 2. The van der Waals surface area contributed by atoms with E-state index in [9.17, 15) is 14.0 Å². The Kier molecular flexibility index (Phi) is 8.32. The van der Waals surface area contributed by atoms with Crippen LogP contribution in [-0.2, 0) is 14.2 Å². The molecule has 1 aromatic carbocycles. The maximum atomic E-state index is 14.7. The van der Waals surface area contributed by atoms with Gasteiger partial charge < -0.3 is 23.5 Å². The molecule has 2 atom stereocenters. The Morgan fingerprint density at radius 3 is 2.42 bits per heavy atom. The Labute approximate surface area is 256 Å². The van der Waals surface area contributed by atoms with Gasteiger partial charge in [-0.25, -0.2) is 23.9 Å². The third-order valence-electron chi connectivity index (χ3n) is 6.37. The van der Waals surface area contributed by atoms with Gasteiger partial charge in [-0.3, -0.25) is 4.98 Å². The number of ether oxygens (including phenoxy) is 4. The Morgan fingerprint density at radius 2 is 1.74 bits per heavy atom. The molecule has 13 heteroatoms. The lowest BCUT2D eigenvalue weighted by molar-refractivity contribution is -0.0161. The number of carbonyl (C=O) groups is 2. The van der Waals surface area contributed by atoms with Gasteiger partial charge in [0.25, 0.3) is 0 Å². The molecule has 1 aliphatic rings. The van der Waals surface area contributed by atoms with Crippen molar-refractivity contribution < 1.29 is 32.9 Å². The predicted molar refractivity (Wildman–Crippen MR) is 161 cm³/mol. The topological polar surface area (TPSA) is 118 Å². The molecule has 1 aliphatic heterocycles. The number of rotatable bonds is 5. The van der Waals surface area contributed by atoms with Crippen LogP contribution in [0.25, 0.3) is 21.9 Å². The molecule has 2 amide bonds. The van der Waals surface area contributed by atoms with Crippen molar-refractivity contribution in [2.24, 2.45) is 0 Å². The van der Waals surface area contributed by atoms with Crippen molar-refractivity contribution in [3.8, 4) is 5.75 Å². The first kappa shape index (κ1) is 30.6. The summed E-state index contributed by atoms with van der Waals surface area (Å²) in [7, 11) is 0. The minimum Gasteiger partial charge on any atom is -0.488 e. The van der Waals surface area contributed by atoms with Gasteiger partial charge in [-0.2, -0.15) is 4.90 Å². The summed E-state index contributed by atoms with van der Waals surface area (Å²) in [6.45, 7) is 10.3. The Morgan fingerprint density at radius 1 is 1.05 bits per heavy atom. The normalized spacial score (nSPS) is 17.3. The first-order valence-corrected chi connectivity index (χ1v) is 14.6. The van der Waals surface area contributed by atoms with E-state index in [0.29, 0.717) is 34.8 Å². The monoisotopic (exact) mass is 657 g/mol. The maximum absolute atomic E-state index is 14.7. The molecule has 43 heavy (non-hydrogen) atoms. The predicted octanol–water partition coefficient (Wildman–Crippen LogP) is 7.31. The fraction of sp³-hybridized carbons (Fsp3) is 0.433. The molecule has 1 fully saturated rings. The number of pyridine rings is 1. The summed E-state index contributed by atoms with van der Waals surface area (Å²) in [5, 5.41) is 1.09. The Bertz CT molecular complexity index is 1650. The molecule has 0 aliphatic carbocycles. The van der Waals surface area contributed by atoms with Gasteiger partial charge in [-0.15, -0.1) is 0 Å². The zero-order chi connectivity index (χ0) is 31.1. The van der Waals surface area contributed by atoms with Gasteiger partial charge in [0, 0.05) is 28.3 Å². The van der Waals surface area contributed by atoms with E-state index in [-0.39, 0.29) is 24.3 Å². The number of fused-ring (bicyclic) bond motifs is 2. The van der Waals surface area contributed by atoms with E-state index in [4.69, 9.17) is 18.9 Å². The van der Waals surface area contributed by atoms with Gasteiger partial charge in [-0.05, 0) is 88.5 Å². The molecule has 2 unspecified atom stereocenters. The van der Waals surface area contributed by atoms with E-state index in [1.807, 2.05) is 0 Å². The number of hydrogen-bond acceptors (Lipinski definition) is 9. The van der Waals surface area contributed by atoms with Crippen LogP contribution < -0.4 is 9.64 Å². The van der Waals surface area contributed by atoms with Crippen LogP contribution in [0.15, 0.2) is 47.5 Å². The number of hydrogen-bond donors (Lipinski definition) is 0. The zero-order valence-electron chi connectivity index (χ0n) is 24.8. The van der Waals surface area contributed by atoms with Gasteiger partial charge in [0.1, 0.15) is 36.0 Å². The first-order valence-electron chi connectivity index (χ1n) is 13.8. The number of aromatic nitrogens is 4. The molecule has 11 nitrogen and oxygen atoms in total. The molecule has 0 radical (unpaired) electrons. The molecular weight excluding hydrogens is 625 g/mol. The third kappa shape index (κ3) is 7.04. The van der Waals surface area contributed by atoms with Crippen molar-refractivity contribution in [1.29, 1.82) is 0 Å². The second kappa shape index (κ2) is 11.7. The largest absolute Gasteiger partial charge is 0.488 e. The summed E-state index contributed by atoms with van der Waals surface area (Å²) in [6.07, 6.45) is 3.39. The van der Waals surface area contributed by atoms with E-state index in [0.717, 1.165) is 9.37 Å². The molecule has 5 rings (SSSR count). The van der Waals surface area contributed by atoms with Gasteiger partial charge in [0.2, 0.25) is 0 Å². The van der Waals surface area contributed by atoms with Crippen LogP contribution in [0.4, 0.5) is 19.8 Å². The summed E-state index contributed by atoms with van der Waals surface area (Å²) in [5.74, 6) is -0.359. The van der Waals surface area contributed by atoms with Crippen molar-refractivity contribution in [2.75, 3.05) is 11.5 Å². The van der Waals surface area contributed by atoms with Crippen LogP contribution in [0.2, 0.25) is 0 Å². The average molecular weight is 659 g/mol. The number of anilines is 1. The van der Waals surface area contributed by atoms with Crippen LogP contribution in [0.1, 0.15) is 60.6 Å². The highest BCUT2D eigenvalue weighted by Gasteiger charge is 2.36. The van der Waals surface area contributed by atoms with Crippen molar-refractivity contribution in [3.63, 3.8) is 0 Å². The van der Waals surface area contributed by atoms with Gasteiger partial charge in [-0.1, -0.05) is 0 Å². The summed E-state index contributed by atoms with van der Waals surface area (Å²) in [6, 6.07) is 6.45. The van der Waals surface area contributed by atoms with E-state index in [1.165, 1.54) is 12.4 Å². The number of imide groups is 1. The quantitative estimate of drug-likeness (QED) is 0.217. The number of halogens is 2. The average Bonchev–Trinajstić information content (AvgIpc) is 3.53. The number of benzene rings is 1. The van der Waals surface area contributed by atoms with Crippen LogP contribution in [0, 0.1) is 5.82 Å². The van der Waals surface area contributed by atoms with Crippen LogP contribution in [-0.4, -0.2) is 55.6 Å². The van der Waals surface area contributed by atoms with Crippen molar-refractivity contribution in [3.05, 3.63) is 53.3 Å². The summed E-state index contributed by atoms with van der Waals surface area (Å²) in [4.78, 5) is 40.2. The standard InChI is InChI=1S/C30H33BrFN5O6/c1-29(2,3)42-27(38)37(28(39)43-30(4,5)6)26-20-9-10-36(25(20)34-16-35-26)24-8-7-19(41-24)15-40-23-13-22-17(12-21(23)32)11-18(31)14-33-22/h9-14,16,19,24H,7-8,15H2,1-6H3. The van der Waals surface area contributed by atoms with Crippen LogP contribution >= 0.6 is 15.9 Å². The molecular formula is C30H33BrFN5O6. The molecule has 0 bridgehead atoms. The van der Waals surface area contributed by atoms with Crippen molar-refractivity contribution in [1.82, 2.24) is 19.5 Å². The van der Waals surface area contributed by atoms with E-state index in [2.05, 4.69) is 30.9 Å². The highest BCUT2D eigenvalue weighted by Crippen LogP contribution is 2.35. The minimum atomic E-state index is -0.924. The summed E-state index contributed by atoms with van der Waals surface area (Å²) < 4.78 is 40.3. The van der Waals surface area contributed by atoms with Gasteiger partial charge >= 0.3 is 12.2 Å². The van der Waals surface area contributed by atoms with Gasteiger partial charge in [0.05, 0.1) is 17.0 Å². The highest BCUT2D eigenvalue weighted by atomic mass is 79.9. The second-order valence-electron chi connectivity index (χ2n) is 12.2. The number of nitrogens with zero attached hydrogens (tertiary/aromatic N) is 5. The minimum absolute atomic E-state index is 0.0255. The van der Waals surface area contributed by atoms with Gasteiger partial charge in [0.15, 0.2) is 17.4 Å². The van der Waals surface area contributed by atoms with E-state index >= 15 is 0 Å². The zero-order valence-corrected chi connectivity index (χ0v) is 26.3. The highest BCUT2D eigenvalue weighted by molar-refractivity contribution is 9.10. The molecule has 0 spiro atoms. The molecule has 4 aromatic rings. The molecule has 1 saturated heterocycles. The van der Waals surface area contributed by atoms with Crippen LogP contribution in [0.5, 0.6) is 5.75 Å². The smallest absolute Gasteiger partial charge is 0.425 e. The summed E-state index contributed by atoms with van der Waals surface area (Å²) in [5.41, 5.74) is -0.668. The lowest BCUT2D eigenvalue weighted by atomic mass is 10.2. The molecule has 0 saturated carbocycles. The Balaban J connectivity index is 1.35. The fourth-order valence-corrected chi connectivity index (χ4v) is 4.99. The number of carbonyl (C=O) groups excluding carboxylic acids is 2. The van der Waals surface area contributed by atoms with E-state index < -0.39 is 35.4 Å². The SMILES string of the molecule is CC(C)(C)OC(=O)N(C(=O)OC(C)(C)C)c1ncnc2c1ccn2C1CCC(COc2cc3ncc(Br)cc3cc2F)O1. The third-order valence-corrected chi connectivity index (χ3v) is 6.81. The molecule has 4 heterocycles. The van der Waals surface area contributed by atoms with Crippen molar-refractivity contribution in [2.45, 2.75) is 77.9 Å².